The van der Waals surface area contributed by atoms with Gasteiger partial charge in [-0.3, -0.25) is 10.1 Å². The third kappa shape index (κ3) is 5.76. The first kappa shape index (κ1) is 25.2. The summed E-state index contributed by atoms with van der Waals surface area (Å²) in [6, 6.07) is 34.8. The molecule has 192 valence electrons. The van der Waals surface area contributed by atoms with Crippen LogP contribution in [-0.4, -0.2) is 38.1 Å². The minimum absolute atomic E-state index is 0.141. The second kappa shape index (κ2) is 11.8. The van der Waals surface area contributed by atoms with Crippen molar-refractivity contribution < 1.29 is 14.3 Å². The summed E-state index contributed by atoms with van der Waals surface area (Å²) in [6.07, 6.45) is 0.912. The molecule has 4 aromatic rings. The van der Waals surface area contributed by atoms with Crippen molar-refractivity contribution in [3.8, 4) is 11.1 Å². The number of carbonyl (C=O) groups is 2. The Morgan fingerprint density at radius 1 is 0.842 bits per heavy atom. The summed E-state index contributed by atoms with van der Waals surface area (Å²) in [5, 5.41) is 6.52. The maximum atomic E-state index is 13.1. The zero-order chi connectivity index (χ0) is 26.3. The minimum Gasteiger partial charge on any atom is -0.468 e. The standard InChI is InChI=1S/C32H31N3O3/c1-38-32(37)30(24-12-6-3-7-13-24)33-26-20-21-35(22-26)27-18-16-25(17-19-27)34-31(36)29-15-9-8-14-28(29)23-10-4-2-5-11-23/h2-19,26,30,33H,20-22H2,1H3,(H,34,36). The highest BCUT2D eigenvalue weighted by Crippen LogP contribution is 2.27. The van der Waals surface area contributed by atoms with Gasteiger partial charge < -0.3 is 15.0 Å². The smallest absolute Gasteiger partial charge is 0.327 e. The monoisotopic (exact) mass is 505 g/mol. The molecule has 1 aliphatic rings. The molecular weight excluding hydrogens is 474 g/mol. The van der Waals surface area contributed by atoms with Gasteiger partial charge in [0.15, 0.2) is 0 Å². The van der Waals surface area contributed by atoms with Crippen molar-refractivity contribution in [3.05, 3.63) is 120 Å². The summed E-state index contributed by atoms with van der Waals surface area (Å²) < 4.78 is 5.05. The van der Waals surface area contributed by atoms with Crippen molar-refractivity contribution >= 4 is 23.3 Å². The molecule has 1 amide bonds. The molecule has 0 bridgehead atoms. The number of nitrogens with one attached hydrogen (secondary N) is 2. The zero-order valence-corrected chi connectivity index (χ0v) is 21.3. The molecule has 6 nitrogen and oxygen atoms in total. The number of esters is 1. The van der Waals surface area contributed by atoms with Gasteiger partial charge in [0, 0.05) is 36.1 Å². The van der Waals surface area contributed by atoms with Crippen LogP contribution in [0.3, 0.4) is 0 Å². The van der Waals surface area contributed by atoms with E-state index in [0.29, 0.717) is 5.56 Å². The Labute approximate surface area is 223 Å². The van der Waals surface area contributed by atoms with E-state index in [1.54, 1.807) is 0 Å². The molecule has 0 aliphatic carbocycles. The average molecular weight is 506 g/mol. The van der Waals surface area contributed by atoms with E-state index >= 15 is 0 Å². The summed E-state index contributed by atoms with van der Waals surface area (Å²) in [5.74, 6) is -0.430. The summed E-state index contributed by atoms with van der Waals surface area (Å²) in [6.45, 7) is 1.65. The molecule has 2 atom stereocenters. The normalized spacial score (nSPS) is 15.6. The fourth-order valence-corrected chi connectivity index (χ4v) is 4.93. The number of nitrogens with zero attached hydrogens (tertiary/aromatic N) is 1. The van der Waals surface area contributed by atoms with Gasteiger partial charge in [0.25, 0.3) is 5.91 Å². The third-order valence-corrected chi connectivity index (χ3v) is 6.91. The average Bonchev–Trinajstić information content (AvgIpc) is 3.45. The predicted molar refractivity (Wildman–Crippen MR) is 151 cm³/mol. The van der Waals surface area contributed by atoms with Crippen LogP contribution in [0.15, 0.2) is 109 Å². The summed E-state index contributed by atoms with van der Waals surface area (Å²) >= 11 is 0. The topological polar surface area (TPSA) is 70.7 Å². The van der Waals surface area contributed by atoms with Gasteiger partial charge in [-0.1, -0.05) is 78.9 Å². The molecule has 6 heteroatoms. The fraction of sp³-hybridized carbons (Fsp3) is 0.188. The Balaban J connectivity index is 1.22. The Morgan fingerprint density at radius 3 is 2.21 bits per heavy atom. The fourth-order valence-electron chi connectivity index (χ4n) is 4.93. The summed E-state index contributed by atoms with van der Waals surface area (Å²) in [7, 11) is 1.42. The lowest BCUT2D eigenvalue weighted by Gasteiger charge is -2.23. The highest BCUT2D eigenvalue weighted by atomic mass is 16.5. The number of benzene rings is 4. The van der Waals surface area contributed by atoms with E-state index in [1.807, 2.05) is 109 Å². The lowest BCUT2D eigenvalue weighted by atomic mass is 9.99. The number of rotatable bonds is 8. The van der Waals surface area contributed by atoms with E-state index in [1.165, 1.54) is 7.11 Å². The molecule has 38 heavy (non-hydrogen) atoms. The molecule has 1 saturated heterocycles. The summed E-state index contributed by atoms with van der Waals surface area (Å²) in [4.78, 5) is 27.9. The molecule has 0 aromatic heterocycles. The highest BCUT2D eigenvalue weighted by Gasteiger charge is 2.29. The number of methoxy groups -OCH3 is 1. The minimum atomic E-state index is -0.498. The molecule has 1 fully saturated rings. The van der Waals surface area contributed by atoms with Gasteiger partial charge >= 0.3 is 5.97 Å². The van der Waals surface area contributed by atoms with Crippen LogP contribution in [-0.2, 0) is 9.53 Å². The Hall–Kier alpha value is -4.42. The van der Waals surface area contributed by atoms with Crippen molar-refractivity contribution in [3.63, 3.8) is 0 Å². The maximum absolute atomic E-state index is 13.1. The number of hydrogen-bond donors (Lipinski definition) is 2. The Morgan fingerprint density at radius 2 is 1.50 bits per heavy atom. The van der Waals surface area contributed by atoms with Crippen molar-refractivity contribution in [2.75, 3.05) is 30.4 Å². The van der Waals surface area contributed by atoms with Crippen molar-refractivity contribution in [1.82, 2.24) is 5.32 Å². The lowest BCUT2D eigenvalue weighted by molar-refractivity contribution is -0.143. The van der Waals surface area contributed by atoms with Crippen LogP contribution in [0.2, 0.25) is 0 Å². The van der Waals surface area contributed by atoms with E-state index in [-0.39, 0.29) is 17.9 Å². The number of amides is 1. The molecule has 4 aromatic carbocycles. The molecule has 5 rings (SSSR count). The van der Waals surface area contributed by atoms with E-state index in [9.17, 15) is 9.59 Å². The highest BCUT2D eigenvalue weighted by molar-refractivity contribution is 6.08. The van der Waals surface area contributed by atoms with Crippen molar-refractivity contribution in [1.29, 1.82) is 0 Å². The molecule has 1 heterocycles. The van der Waals surface area contributed by atoms with Crippen LogP contribution >= 0.6 is 0 Å². The third-order valence-electron chi connectivity index (χ3n) is 6.91. The van der Waals surface area contributed by atoms with Gasteiger partial charge in [-0.05, 0) is 53.4 Å². The van der Waals surface area contributed by atoms with E-state index in [4.69, 9.17) is 4.74 Å². The van der Waals surface area contributed by atoms with Crippen LogP contribution in [0.5, 0.6) is 0 Å². The quantitative estimate of drug-likeness (QED) is 0.301. The molecule has 0 saturated carbocycles. The van der Waals surface area contributed by atoms with Crippen LogP contribution in [0.1, 0.15) is 28.4 Å². The molecule has 0 radical (unpaired) electrons. The molecule has 2 unspecified atom stereocenters. The van der Waals surface area contributed by atoms with Crippen LogP contribution < -0.4 is 15.5 Å². The van der Waals surface area contributed by atoms with E-state index in [2.05, 4.69) is 15.5 Å². The van der Waals surface area contributed by atoms with Gasteiger partial charge in [-0.15, -0.1) is 0 Å². The molecule has 0 spiro atoms. The second-order valence-corrected chi connectivity index (χ2v) is 9.38. The Kier molecular flexibility index (Phi) is 7.81. The van der Waals surface area contributed by atoms with Crippen molar-refractivity contribution in [2.24, 2.45) is 0 Å². The second-order valence-electron chi connectivity index (χ2n) is 9.38. The predicted octanol–water partition coefficient (Wildman–Crippen LogP) is 5.69. The first-order chi connectivity index (χ1) is 18.6. The Bertz CT molecular complexity index is 1370. The SMILES string of the molecule is COC(=O)C(NC1CCN(c2ccc(NC(=O)c3ccccc3-c3ccccc3)cc2)C1)c1ccccc1. The van der Waals surface area contributed by atoms with Gasteiger partial charge in [0.2, 0.25) is 0 Å². The lowest BCUT2D eigenvalue weighted by Crippen LogP contribution is -2.39. The number of ether oxygens (including phenoxy) is 1. The molecule has 2 N–H and O–H groups in total. The summed E-state index contributed by atoms with van der Waals surface area (Å²) in [5.41, 5.74) is 5.25. The first-order valence-electron chi connectivity index (χ1n) is 12.8. The number of anilines is 2. The largest absolute Gasteiger partial charge is 0.468 e. The van der Waals surface area contributed by atoms with Crippen LogP contribution in [0, 0.1) is 0 Å². The van der Waals surface area contributed by atoms with Gasteiger partial charge in [0.05, 0.1) is 7.11 Å². The van der Waals surface area contributed by atoms with Crippen LogP contribution in [0.4, 0.5) is 11.4 Å². The molecular formula is C32H31N3O3. The molecule has 1 aliphatic heterocycles. The maximum Gasteiger partial charge on any atom is 0.327 e. The number of hydrogen-bond acceptors (Lipinski definition) is 5. The van der Waals surface area contributed by atoms with E-state index in [0.717, 1.165) is 47.6 Å². The van der Waals surface area contributed by atoms with Gasteiger partial charge in [0.1, 0.15) is 6.04 Å². The first-order valence-corrected chi connectivity index (χ1v) is 12.8. The number of carbonyl (C=O) groups excluding carboxylic acids is 2. The van der Waals surface area contributed by atoms with Crippen molar-refractivity contribution in [2.45, 2.75) is 18.5 Å². The van der Waals surface area contributed by atoms with Gasteiger partial charge in [-0.25, -0.2) is 4.79 Å². The van der Waals surface area contributed by atoms with Gasteiger partial charge in [-0.2, -0.15) is 0 Å². The van der Waals surface area contributed by atoms with Crippen LogP contribution in [0.25, 0.3) is 11.1 Å². The van der Waals surface area contributed by atoms with E-state index < -0.39 is 6.04 Å². The zero-order valence-electron chi connectivity index (χ0n) is 21.3.